The lowest BCUT2D eigenvalue weighted by Crippen LogP contribution is -2.18. The Hall–Kier alpha value is -1.60. The van der Waals surface area contributed by atoms with Crippen LogP contribution < -0.4 is 9.47 Å². The SMILES string of the molecule is Fc1cccc(OC(F)(F)F)c1OC(F)F. The fourth-order valence-electron chi connectivity index (χ4n) is 0.898. The highest BCUT2D eigenvalue weighted by Crippen LogP contribution is 2.35. The van der Waals surface area contributed by atoms with Crippen molar-refractivity contribution in [1.82, 2.24) is 0 Å². The van der Waals surface area contributed by atoms with Crippen LogP contribution in [0.25, 0.3) is 0 Å². The first-order chi connectivity index (χ1) is 7.29. The van der Waals surface area contributed by atoms with E-state index in [1.165, 1.54) is 0 Å². The van der Waals surface area contributed by atoms with E-state index in [4.69, 9.17) is 0 Å². The predicted molar refractivity (Wildman–Crippen MR) is 39.7 cm³/mol. The zero-order chi connectivity index (χ0) is 12.3. The lowest BCUT2D eigenvalue weighted by molar-refractivity contribution is -0.275. The molecule has 0 aliphatic rings. The number of para-hydroxylation sites is 1. The van der Waals surface area contributed by atoms with Gasteiger partial charge in [-0.25, -0.2) is 4.39 Å². The van der Waals surface area contributed by atoms with Gasteiger partial charge in [0.15, 0.2) is 11.6 Å². The van der Waals surface area contributed by atoms with Crippen LogP contribution >= 0.6 is 0 Å². The zero-order valence-electron chi connectivity index (χ0n) is 7.39. The lowest BCUT2D eigenvalue weighted by atomic mass is 10.3. The molecule has 0 unspecified atom stereocenters. The zero-order valence-corrected chi connectivity index (χ0v) is 7.39. The van der Waals surface area contributed by atoms with Gasteiger partial charge in [-0.15, -0.1) is 13.2 Å². The Morgan fingerprint density at radius 1 is 1.12 bits per heavy atom. The highest BCUT2D eigenvalue weighted by molar-refractivity contribution is 5.41. The Morgan fingerprint density at radius 3 is 2.25 bits per heavy atom. The first kappa shape index (κ1) is 12.5. The molecule has 0 amide bonds. The van der Waals surface area contributed by atoms with Gasteiger partial charge in [-0.2, -0.15) is 8.78 Å². The molecular formula is C8H4F6O2. The van der Waals surface area contributed by atoms with Gasteiger partial charge in [0.2, 0.25) is 5.75 Å². The Labute approximate surface area is 85.4 Å². The third kappa shape index (κ3) is 3.52. The third-order valence-corrected chi connectivity index (χ3v) is 1.36. The number of alkyl halides is 5. The molecule has 0 bridgehead atoms. The minimum Gasteiger partial charge on any atom is -0.428 e. The number of rotatable bonds is 3. The van der Waals surface area contributed by atoms with Crippen molar-refractivity contribution in [2.45, 2.75) is 13.0 Å². The first-order valence-corrected chi connectivity index (χ1v) is 3.78. The van der Waals surface area contributed by atoms with Crippen molar-refractivity contribution in [1.29, 1.82) is 0 Å². The number of halogens is 6. The van der Waals surface area contributed by atoms with Crippen LogP contribution in [-0.4, -0.2) is 13.0 Å². The van der Waals surface area contributed by atoms with E-state index in [1.54, 1.807) is 0 Å². The summed E-state index contributed by atoms with van der Waals surface area (Å²) >= 11 is 0. The Balaban J connectivity index is 3.03. The second-order valence-corrected chi connectivity index (χ2v) is 2.49. The molecule has 1 rings (SSSR count). The van der Waals surface area contributed by atoms with Crippen LogP contribution in [0.1, 0.15) is 0 Å². The minimum atomic E-state index is -5.12. The van der Waals surface area contributed by atoms with Gasteiger partial charge in [0.05, 0.1) is 0 Å². The molecule has 0 saturated carbocycles. The maximum atomic E-state index is 12.9. The molecule has 90 valence electrons. The summed E-state index contributed by atoms with van der Waals surface area (Å²) in [5, 5.41) is 0. The van der Waals surface area contributed by atoms with E-state index in [0.717, 1.165) is 6.07 Å². The van der Waals surface area contributed by atoms with Crippen molar-refractivity contribution in [2.75, 3.05) is 0 Å². The molecular weight excluding hydrogens is 242 g/mol. The van der Waals surface area contributed by atoms with E-state index in [0.29, 0.717) is 12.1 Å². The second kappa shape index (κ2) is 4.50. The van der Waals surface area contributed by atoms with Crippen molar-refractivity contribution < 1.29 is 35.8 Å². The van der Waals surface area contributed by atoms with E-state index >= 15 is 0 Å². The van der Waals surface area contributed by atoms with E-state index in [9.17, 15) is 26.3 Å². The minimum absolute atomic E-state index is 0.661. The first-order valence-electron chi connectivity index (χ1n) is 3.78. The lowest BCUT2D eigenvalue weighted by Gasteiger charge is -2.13. The maximum Gasteiger partial charge on any atom is 0.573 e. The molecule has 8 heteroatoms. The summed E-state index contributed by atoms with van der Waals surface area (Å²) in [6, 6.07) is 2.20. The van der Waals surface area contributed by atoms with Gasteiger partial charge >= 0.3 is 13.0 Å². The summed E-state index contributed by atoms with van der Waals surface area (Å²) in [6.45, 7) is -3.45. The van der Waals surface area contributed by atoms with Crippen molar-refractivity contribution >= 4 is 0 Å². The Morgan fingerprint density at radius 2 is 1.75 bits per heavy atom. The molecule has 0 atom stereocenters. The summed E-state index contributed by atoms with van der Waals surface area (Å²) in [6.07, 6.45) is -5.12. The highest BCUT2D eigenvalue weighted by Gasteiger charge is 2.33. The molecule has 1 aromatic rings. The molecule has 0 aliphatic heterocycles. The van der Waals surface area contributed by atoms with Crippen LogP contribution in [0.5, 0.6) is 11.5 Å². The smallest absolute Gasteiger partial charge is 0.428 e. The molecule has 0 radical (unpaired) electrons. The number of ether oxygens (including phenoxy) is 2. The van der Waals surface area contributed by atoms with Gasteiger partial charge in [0, 0.05) is 0 Å². The van der Waals surface area contributed by atoms with Crippen LogP contribution in [0.3, 0.4) is 0 Å². The van der Waals surface area contributed by atoms with Gasteiger partial charge in [-0.1, -0.05) is 6.07 Å². The highest BCUT2D eigenvalue weighted by atomic mass is 19.4. The van der Waals surface area contributed by atoms with E-state index < -0.39 is 30.3 Å². The fraction of sp³-hybridized carbons (Fsp3) is 0.250. The van der Waals surface area contributed by atoms with Gasteiger partial charge < -0.3 is 9.47 Å². The number of hydrogen-bond acceptors (Lipinski definition) is 2. The molecule has 2 nitrogen and oxygen atoms in total. The Bertz CT molecular complexity index is 362. The number of benzene rings is 1. The van der Waals surface area contributed by atoms with Crippen LogP contribution in [0.4, 0.5) is 26.3 Å². The molecule has 1 aromatic carbocycles. The topological polar surface area (TPSA) is 18.5 Å². The maximum absolute atomic E-state index is 12.9. The molecule has 0 saturated heterocycles. The van der Waals surface area contributed by atoms with Gasteiger partial charge in [0.1, 0.15) is 0 Å². The molecule has 0 heterocycles. The van der Waals surface area contributed by atoms with Gasteiger partial charge in [-0.05, 0) is 12.1 Å². The van der Waals surface area contributed by atoms with Crippen LogP contribution in [0.15, 0.2) is 18.2 Å². The van der Waals surface area contributed by atoms with E-state index in [2.05, 4.69) is 9.47 Å². The van der Waals surface area contributed by atoms with Crippen molar-refractivity contribution in [3.8, 4) is 11.5 Å². The van der Waals surface area contributed by atoms with Gasteiger partial charge in [-0.3, -0.25) is 0 Å². The monoisotopic (exact) mass is 246 g/mol. The van der Waals surface area contributed by atoms with Crippen LogP contribution in [0, 0.1) is 5.82 Å². The summed E-state index contributed by atoms with van der Waals surface area (Å²) in [4.78, 5) is 0. The molecule has 16 heavy (non-hydrogen) atoms. The predicted octanol–water partition coefficient (Wildman–Crippen LogP) is 3.33. The molecule has 0 aromatic heterocycles. The average molecular weight is 246 g/mol. The van der Waals surface area contributed by atoms with E-state index in [1.807, 2.05) is 0 Å². The molecule has 0 fully saturated rings. The third-order valence-electron chi connectivity index (χ3n) is 1.36. The van der Waals surface area contributed by atoms with Crippen molar-refractivity contribution in [2.24, 2.45) is 0 Å². The quantitative estimate of drug-likeness (QED) is 0.761. The number of hydrogen-bond donors (Lipinski definition) is 0. The Kier molecular flexibility index (Phi) is 3.51. The van der Waals surface area contributed by atoms with Crippen LogP contribution in [0.2, 0.25) is 0 Å². The summed E-state index contributed by atoms with van der Waals surface area (Å²) < 4.78 is 78.8. The summed E-state index contributed by atoms with van der Waals surface area (Å²) in [5.74, 6) is -3.82. The fourth-order valence-corrected chi connectivity index (χ4v) is 0.898. The van der Waals surface area contributed by atoms with Crippen molar-refractivity contribution in [3.63, 3.8) is 0 Å². The molecule has 0 aliphatic carbocycles. The average Bonchev–Trinajstić information content (AvgIpc) is 2.08. The molecule has 0 N–H and O–H groups in total. The second-order valence-electron chi connectivity index (χ2n) is 2.49. The largest absolute Gasteiger partial charge is 0.573 e. The standard InChI is InChI=1S/C8H4F6O2/c9-4-2-1-3-5(16-8(12,13)14)6(4)15-7(10)11/h1-3,7H. The molecule has 0 spiro atoms. The van der Waals surface area contributed by atoms with Crippen molar-refractivity contribution in [3.05, 3.63) is 24.0 Å². The summed E-state index contributed by atoms with van der Waals surface area (Å²) in [7, 11) is 0. The van der Waals surface area contributed by atoms with Gasteiger partial charge in [0.25, 0.3) is 0 Å². The summed E-state index contributed by atoms with van der Waals surface area (Å²) in [5.41, 5.74) is 0. The van der Waals surface area contributed by atoms with Crippen LogP contribution in [-0.2, 0) is 0 Å². The normalized spacial score (nSPS) is 11.7. The van der Waals surface area contributed by atoms with E-state index in [-0.39, 0.29) is 0 Å².